The summed E-state index contributed by atoms with van der Waals surface area (Å²) in [4.78, 5) is 32.4. The van der Waals surface area contributed by atoms with E-state index in [1.807, 2.05) is 12.1 Å². The normalized spacial score (nSPS) is 17.7. The molecular formula is C23H21FN4O4S. The van der Waals surface area contributed by atoms with E-state index in [4.69, 9.17) is 21.7 Å². The third-order valence-corrected chi connectivity index (χ3v) is 6.04. The standard InChI is InChI=1S/C23H21FN4O4S/c24-15-5-7-16(8-6-15)28-17(13-25-23(28)33)21(29)26-9-11-27(12-10-26)22(30)20-14-31-18-3-1-2-4-19(18)32-20/h1-8,13,20H,9-12,14H2,(H,25,33). The molecule has 8 nitrogen and oxygen atoms in total. The molecule has 1 aromatic heterocycles. The van der Waals surface area contributed by atoms with E-state index < -0.39 is 6.10 Å². The molecule has 2 aliphatic heterocycles. The Morgan fingerprint density at radius 3 is 2.36 bits per heavy atom. The van der Waals surface area contributed by atoms with Crippen molar-refractivity contribution in [3.8, 4) is 17.2 Å². The van der Waals surface area contributed by atoms with E-state index in [9.17, 15) is 14.0 Å². The molecule has 2 amide bonds. The molecule has 5 rings (SSSR count). The van der Waals surface area contributed by atoms with E-state index in [-0.39, 0.29) is 24.2 Å². The van der Waals surface area contributed by atoms with Gasteiger partial charge in [-0.3, -0.25) is 14.2 Å². The van der Waals surface area contributed by atoms with E-state index in [2.05, 4.69) is 4.98 Å². The Hall–Kier alpha value is -3.66. The molecule has 3 aromatic rings. The van der Waals surface area contributed by atoms with Crippen LogP contribution >= 0.6 is 12.2 Å². The number of nitrogens with zero attached hydrogens (tertiary/aromatic N) is 3. The number of carbonyl (C=O) groups is 2. The number of carbonyl (C=O) groups excluding carboxylic acids is 2. The first-order valence-electron chi connectivity index (χ1n) is 10.5. The number of hydrogen-bond acceptors (Lipinski definition) is 5. The summed E-state index contributed by atoms with van der Waals surface area (Å²) in [5, 5.41) is 0. The van der Waals surface area contributed by atoms with Gasteiger partial charge in [0.15, 0.2) is 16.3 Å². The number of hydrogen-bond donors (Lipinski definition) is 1. The van der Waals surface area contributed by atoms with Crippen molar-refractivity contribution in [2.45, 2.75) is 6.10 Å². The zero-order chi connectivity index (χ0) is 22.9. The van der Waals surface area contributed by atoms with E-state index in [1.165, 1.54) is 12.1 Å². The summed E-state index contributed by atoms with van der Waals surface area (Å²) in [7, 11) is 0. The van der Waals surface area contributed by atoms with Crippen molar-refractivity contribution in [3.63, 3.8) is 0 Å². The number of amides is 2. The van der Waals surface area contributed by atoms with Gasteiger partial charge in [0.05, 0.1) is 0 Å². The third-order valence-electron chi connectivity index (χ3n) is 5.74. The summed E-state index contributed by atoms with van der Waals surface area (Å²) in [6, 6.07) is 13.0. The van der Waals surface area contributed by atoms with Gasteiger partial charge in [-0.1, -0.05) is 12.1 Å². The molecule has 1 fully saturated rings. The van der Waals surface area contributed by atoms with E-state index in [0.717, 1.165) is 0 Å². The van der Waals surface area contributed by atoms with Gasteiger partial charge in [-0.05, 0) is 48.6 Å². The third kappa shape index (κ3) is 4.09. The van der Waals surface area contributed by atoms with Gasteiger partial charge in [0.25, 0.3) is 11.8 Å². The molecule has 2 aromatic carbocycles. The molecule has 170 valence electrons. The van der Waals surface area contributed by atoms with Crippen LogP contribution in [0.3, 0.4) is 0 Å². The molecule has 1 saturated heterocycles. The molecule has 10 heteroatoms. The molecule has 0 radical (unpaired) electrons. The van der Waals surface area contributed by atoms with E-state index in [1.54, 1.807) is 44.8 Å². The monoisotopic (exact) mass is 468 g/mol. The molecule has 0 saturated carbocycles. The number of aromatic nitrogens is 2. The van der Waals surface area contributed by atoms with Gasteiger partial charge >= 0.3 is 0 Å². The van der Waals surface area contributed by atoms with Crippen molar-refractivity contribution in [1.82, 2.24) is 19.4 Å². The van der Waals surface area contributed by atoms with Gasteiger partial charge in [-0.25, -0.2) is 4.39 Å². The van der Waals surface area contributed by atoms with Crippen LogP contribution in [0.5, 0.6) is 11.5 Å². The molecular weight excluding hydrogens is 447 g/mol. The maximum absolute atomic E-state index is 13.3. The Morgan fingerprint density at radius 1 is 0.970 bits per heavy atom. The molecule has 0 aliphatic carbocycles. The fourth-order valence-electron chi connectivity index (χ4n) is 4.01. The maximum Gasteiger partial charge on any atom is 0.272 e. The summed E-state index contributed by atoms with van der Waals surface area (Å²) < 4.78 is 26.7. The molecule has 2 aliphatic rings. The van der Waals surface area contributed by atoms with Crippen molar-refractivity contribution in [1.29, 1.82) is 0 Å². The number of piperazine rings is 1. The lowest BCUT2D eigenvalue weighted by molar-refractivity contribution is -0.142. The smallest absolute Gasteiger partial charge is 0.272 e. The van der Waals surface area contributed by atoms with Crippen LogP contribution in [0.1, 0.15) is 10.5 Å². The lowest BCUT2D eigenvalue weighted by atomic mass is 10.2. The Labute approximate surface area is 194 Å². The van der Waals surface area contributed by atoms with Crippen molar-refractivity contribution < 1.29 is 23.5 Å². The lowest BCUT2D eigenvalue weighted by Gasteiger charge is -2.37. The number of nitrogens with one attached hydrogen (secondary N) is 1. The summed E-state index contributed by atoms with van der Waals surface area (Å²) in [5.41, 5.74) is 0.946. The van der Waals surface area contributed by atoms with Crippen LogP contribution in [0, 0.1) is 10.6 Å². The maximum atomic E-state index is 13.3. The first-order chi connectivity index (χ1) is 16.0. The molecule has 1 atom stereocenters. The van der Waals surface area contributed by atoms with Crippen molar-refractivity contribution >= 4 is 24.0 Å². The highest BCUT2D eigenvalue weighted by Gasteiger charge is 2.34. The average Bonchev–Trinajstić information content (AvgIpc) is 3.24. The zero-order valence-electron chi connectivity index (χ0n) is 17.6. The van der Waals surface area contributed by atoms with Gasteiger partial charge in [0.2, 0.25) is 6.10 Å². The molecule has 1 unspecified atom stereocenters. The van der Waals surface area contributed by atoms with Crippen LogP contribution in [0.25, 0.3) is 5.69 Å². The van der Waals surface area contributed by atoms with Crippen LogP contribution in [0.4, 0.5) is 4.39 Å². The number of aromatic amines is 1. The highest BCUT2D eigenvalue weighted by atomic mass is 32.1. The van der Waals surface area contributed by atoms with Gasteiger partial charge in [-0.2, -0.15) is 0 Å². The van der Waals surface area contributed by atoms with Gasteiger partial charge in [0.1, 0.15) is 18.1 Å². The molecule has 33 heavy (non-hydrogen) atoms. The minimum absolute atomic E-state index is 0.150. The summed E-state index contributed by atoms with van der Waals surface area (Å²) in [6.45, 7) is 1.66. The fourth-order valence-corrected chi connectivity index (χ4v) is 4.27. The number of para-hydroxylation sites is 2. The summed E-state index contributed by atoms with van der Waals surface area (Å²) in [5.74, 6) is 0.426. The zero-order valence-corrected chi connectivity index (χ0v) is 18.4. The van der Waals surface area contributed by atoms with Crippen LogP contribution < -0.4 is 9.47 Å². The minimum Gasteiger partial charge on any atom is -0.485 e. The van der Waals surface area contributed by atoms with Crippen molar-refractivity contribution in [3.05, 3.63) is 71.0 Å². The van der Waals surface area contributed by atoms with Crippen LogP contribution in [0.2, 0.25) is 0 Å². The number of benzene rings is 2. The Morgan fingerprint density at radius 2 is 1.64 bits per heavy atom. The fraction of sp³-hybridized carbons (Fsp3) is 0.261. The van der Waals surface area contributed by atoms with Crippen molar-refractivity contribution in [2.75, 3.05) is 32.8 Å². The predicted molar refractivity (Wildman–Crippen MR) is 120 cm³/mol. The molecule has 3 heterocycles. The topological polar surface area (TPSA) is 79.8 Å². The summed E-state index contributed by atoms with van der Waals surface area (Å²) in [6.07, 6.45) is 0.839. The number of ether oxygens (including phenoxy) is 2. The van der Waals surface area contributed by atoms with Gasteiger partial charge in [-0.15, -0.1) is 0 Å². The Balaban J connectivity index is 1.25. The number of rotatable bonds is 3. The van der Waals surface area contributed by atoms with Crippen molar-refractivity contribution in [2.24, 2.45) is 0 Å². The number of fused-ring (bicyclic) bond motifs is 1. The number of imidazole rings is 1. The number of H-pyrrole nitrogens is 1. The molecule has 0 spiro atoms. The second-order valence-corrected chi connectivity index (χ2v) is 8.16. The molecule has 1 N–H and O–H groups in total. The highest BCUT2D eigenvalue weighted by Crippen LogP contribution is 2.31. The van der Waals surface area contributed by atoms with Gasteiger partial charge in [0, 0.05) is 38.1 Å². The van der Waals surface area contributed by atoms with Crippen LogP contribution in [0.15, 0.2) is 54.7 Å². The molecule has 0 bridgehead atoms. The lowest BCUT2D eigenvalue weighted by Crippen LogP contribution is -2.55. The summed E-state index contributed by atoms with van der Waals surface area (Å²) >= 11 is 5.33. The second kappa shape index (κ2) is 8.70. The van der Waals surface area contributed by atoms with Gasteiger partial charge < -0.3 is 24.3 Å². The van der Waals surface area contributed by atoms with E-state index in [0.29, 0.717) is 53.8 Å². The van der Waals surface area contributed by atoms with Crippen LogP contribution in [-0.4, -0.2) is 70.1 Å². The first kappa shape index (κ1) is 21.2. The first-order valence-corrected chi connectivity index (χ1v) is 10.9. The van der Waals surface area contributed by atoms with E-state index >= 15 is 0 Å². The quantitative estimate of drug-likeness (QED) is 0.598. The minimum atomic E-state index is -0.713. The predicted octanol–water partition coefficient (Wildman–Crippen LogP) is 2.80. The average molecular weight is 469 g/mol. The second-order valence-electron chi connectivity index (χ2n) is 7.77. The highest BCUT2D eigenvalue weighted by molar-refractivity contribution is 7.71. The Bertz CT molecular complexity index is 1250. The SMILES string of the molecule is O=C(c1c[nH]c(=S)n1-c1ccc(F)cc1)N1CCN(C(=O)C2COc3ccccc3O2)CC1. The largest absolute Gasteiger partial charge is 0.485 e. The van der Waals surface area contributed by atoms with Crippen LogP contribution in [-0.2, 0) is 4.79 Å². The number of halogens is 1. The Kier molecular flexibility index (Phi) is 5.59.